The zero-order chi connectivity index (χ0) is 18.1. The summed E-state index contributed by atoms with van der Waals surface area (Å²) in [6.45, 7) is -0.190. The Labute approximate surface area is 148 Å². The molecular weight excluding hydrogens is 320 g/mol. The second-order valence-electron chi connectivity index (χ2n) is 6.63. The quantitative estimate of drug-likeness (QED) is 0.670. The van der Waals surface area contributed by atoms with Crippen LogP contribution in [0.15, 0.2) is 30.3 Å². The number of carboxylic acid groups (broad SMARTS) is 1. The number of amides is 2. The van der Waals surface area contributed by atoms with E-state index in [4.69, 9.17) is 0 Å². The first-order valence-corrected chi connectivity index (χ1v) is 8.87. The highest BCUT2D eigenvalue weighted by Crippen LogP contribution is 2.25. The van der Waals surface area contributed by atoms with Crippen LogP contribution in [0.25, 0.3) is 0 Å². The van der Waals surface area contributed by atoms with Gasteiger partial charge in [-0.2, -0.15) is 0 Å². The van der Waals surface area contributed by atoms with E-state index in [2.05, 4.69) is 10.6 Å². The Morgan fingerprint density at radius 2 is 1.72 bits per heavy atom. The Hall–Kier alpha value is -2.37. The van der Waals surface area contributed by atoms with Crippen molar-refractivity contribution in [3.8, 4) is 0 Å². The average Bonchev–Trinajstić information content (AvgIpc) is 2.61. The summed E-state index contributed by atoms with van der Waals surface area (Å²) in [7, 11) is 0. The lowest BCUT2D eigenvalue weighted by molar-refractivity contribution is -0.141. The Morgan fingerprint density at radius 1 is 1.04 bits per heavy atom. The molecule has 2 amide bonds. The van der Waals surface area contributed by atoms with Gasteiger partial charge in [0, 0.05) is 12.8 Å². The minimum atomic E-state index is -1.09. The second-order valence-corrected chi connectivity index (χ2v) is 6.63. The first-order valence-electron chi connectivity index (χ1n) is 8.87. The molecule has 0 saturated heterocycles. The van der Waals surface area contributed by atoms with E-state index in [0.717, 1.165) is 31.2 Å². The molecule has 1 aromatic rings. The Morgan fingerprint density at radius 3 is 2.36 bits per heavy atom. The monoisotopic (exact) mass is 346 g/mol. The highest BCUT2D eigenvalue weighted by molar-refractivity contribution is 5.88. The highest BCUT2D eigenvalue weighted by atomic mass is 16.4. The summed E-state index contributed by atoms with van der Waals surface area (Å²) in [5.74, 6) is -1.32. The SMILES string of the molecule is O=C(CC1CCCCC1)NCC(=O)N[C@H](Cc1ccccc1)C(=O)O. The molecule has 0 aliphatic heterocycles. The Balaban J connectivity index is 1.74. The normalized spacial score (nSPS) is 16.0. The minimum Gasteiger partial charge on any atom is -0.480 e. The van der Waals surface area contributed by atoms with Crippen molar-refractivity contribution in [2.75, 3.05) is 6.54 Å². The summed E-state index contributed by atoms with van der Waals surface area (Å²) in [5.41, 5.74) is 0.830. The zero-order valence-electron chi connectivity index (χ0n) is 14.4. The lowest BCUT2D eigenvalue weighted by atomic mass is 9.87. The smallest absolute Gasteiger partial charge is 0.326 e. The second kappa shape index (κ2) is 9.81. The fourth-order valence-electron chi connectivity index (χ4n) is 3.20. The minimum absolute atomic E-state index is 0.142. The van der Waals surface area contributed by atoms with Crippen LogP contribution in [0.2, 0.25) is 0 Å². The number of hydrogen-bond donors (Lipinski definition) is 3. The van der Waals surface area contributed by atoms with Gasteiger partial charge in [-0.3, -0.25) is 9.59 Å². The predicted octanol–water partition coefficient (Wildman–Crippen LogP) is 1.89. The van der Waals surface area contributed by atoms with E-state index in [9.17, 15) is 19.5 Å². The third-order valence-corrected chi connectivity index (χ3v) is 4.56. The van der Waals surface area contributed by atoms with Crippen LogP contribution in [0, 0.1) is 5.92 Å². The van der Waals surface area contributed by atoms with Crippen molar-refractivity contribution in [1.29, 1.82) is 0 Å². The van der Waals surface area contributed by atoms with Crippen LogP contribution in [0.5, 0.6) is 0 Å². The molecule has 25 heavy (non-hydrogen) atoms. The van der Waals surface area contributed by atoms with Gasteiger partial charge in [0.15, 0.2) is 0 Å². The third-order valence-electron chi connectivity index (χ3n) is 4.56. The number of rotatable bonds is 8. The van der Waals surface area contributed by atoms with Crippen LogP contribution in [0.3, 0.4) is 0 Å². The van der Waals surface area contributed by atoms with Gasteiger partial charge in [0.1, 0.15) is 6.04 Å². The van der Waals surface area contributed by atoms with Crippen LogP contribution in [0.1, 0.15) is 44.1 Å². The number of nitrogens with one attached hydrogen (secondary N) is 2. The van der Waals surface area contributed by atoms with Crippen molar-refractivity contribution in [2.45, 2.75) is 51.0 Å². The molecule has 0 aromatic heterocycles. The molecule has 1 aliphatic rings. The zero-order valence-corrected chi connectivity index (χ0v) is 14.4. The molecule has 136 valence electrons. The van der Waals surface area contributed by atoms with Crippen LogP contribution in [-0.2, 0) is 20.8 Å². The van der Waals surface area contributed by atoms with Crippen LogP contribution < -0.4 is 10.6 Å². The molecule has 0 heterocycles. The summed E-state index contributed by atoms with van der Waals surface area (Å²) in [6, 6.07) is 8.11. The molecule has 0 bridgehead atoms. The van der Waals surface area contributed by atoms with E-state index in [1.54, 1.807) is 0 Å². The number of carboxylic acids is 1. The van der Waals surface area contributed by atoms with Gasteiger partial charge in [-0.15, -0.1) is 0 Å². The molecule has 0 spiro atoms. The van der Waals surface area contributed by atoms with Crippen LogP contribution >= 0.6 is 0 Å². The topological polar surface area (TPSA) is 95.5 Å². The van der Waals surface area contributed by atoms with Gasteiger partial charge < -0.3 is 15.7 Å². The molecule has 1 fully saturated rings. The predicted molar refractivity (Wildman–Crippen MR) is 93.9 cm³/mol. The number of benzene rings is 1. The summed E-state index contributed by atoms with van der Waals surface area (Å²) in [6.07, 6.45) is 6.35. The maximum atomic E-state index is 12.0. The fraction of sp³-hybridized carbons (Fsp3) is 0.526. The van der Waals surface area contributed by atoms with Gasteiger partial charge >= 0.3 is 5.97 Å². The van der Waals surface area contributed by atoms with Crippen molar-refractivity contribution in [1.82, 2.24) is 10.6 Å². The molecule has 1 atom stereocenters. The summed E-state index contributed by atoms with van der Waals surface area (Å²) >= 11 is 0. The standard InChI is InChI=1S/C19H26N2O4/c22-17(12-15-9-5-2-6-10-15)20-13-18(23)21-16(19(24)25)11-14-7-3-1-4-8-14/h1,3-4,7-8,15-16H,2,5-6,9-13H2,(H,20,22)(H,21,23)(H,24,25)/t16-/m1/s1. The first-order chi connectivity index (χ1) is 12.0. The molecular formula is C19H26N2O4. The maximum Gasteiger partial charge on any atom is 0.326 e. The van der Waals surface area contributed by atoms with E-state index < -0.39 is 17.9 Å². The number of carbonyl (C=O) groups excluding carboxylic acids is 2. The molecule has 6 heteroatoms. The van der Waals surface area contributed by atoms with E-state index in [1.807, 2.05) is 30.3 Å². The van der Waals surface area contributed by atoms with Crippen molar-refractivity contribution >= 4 is 17.8 Å². The molecule has 2 rings (SSSR count). The summed E-state index contributed by atoms with van der Waals surface area (Å²) in [4.78, 5) is 35.2. The summed E-state index contributed by atoms with van der Waals surface area (Å²) in [5, 5.41) is 14.3. The molecule has 1 aliphatic carbocycles. The van der Waals surface area contributed by atoms with Gasteiger partial charge in [0.2, 0.25) is 11.8 Å². The van der Waals surface area contributed by atoms with Gasteiger partial charge in [-0.1, -0.05) is 49.6 Å². The molecule has 3 N–H and O–H groups in total. The third kappa shape index (κ3) is 6.95. The lowest BCUT2D eigenvalue weighted by Crippen LogP contribution is -2.46. The Kier molecular flexibility index (Phi) is 7.44. The molecule has 0 unspecified atom stereocenters. The average molecular weight is 346 g/mol. The largest absolute Gasteiger partial charge is 0.480 e. The number of hydrogen-bond acceptors (Lipinski definition) is 3. The van der Waals surface area contributed by atoms with Crippen LogP contribution in [0.4, 0.5) is 0 Å². The summed E-state index contributed by atoms with van der Waals surface area (Å²) < 4.78 is 0. The molecule has 6 nitrogen and oxygen atoms in total. The lowest BCUT2D eigenvalue weighted by Gasteiger charge is -2.21. The van der Waals surface area contributed by atoms with Crippen molar-refractivity contribution in [3.05, 3.63) is 35.9 Å². The van der Waals surface area contributed by atoms with E-state index in [1.165, 1.54) is 6.42 Å². The maximum absolute atomic E-state index is 12.0. The van der Waals surface area contributed by atoms with E-state index in [-0.39, 0.29) is 18.9 Å². The fourth-order valence-corrected chi connectivity index (χ4v) is 3.20. The number of carbonyl (C=O) groups is 3. The van der Waals surface area contributed by atoms with Crippen molar-refractivity contribution < 1.29 is 19.5 Å². The highest BCUT2D eigenvalue weighted by Gasteiger charge is 2.21. The van der Waals surface area contributed by atoms with Crippen LogP contribution in [-0.4, -0.2) is 35.5 Å². The van der Waals surface area contributed by atoms with Gasteiger partial charge in [-0.25, -0.2) is 4.79 Å². The molecule has 1 saturated carbocycles. The van der Waals surface area contributed by atoms with E-state index >= 15 is 0 Å². The van der Waals surface area contributed by atoms with E-state index in [0.29, 0.717) is 12.3 Å². The Bertz CT molecular complexity index is 582. The van der Waals surface area contributed by atoms with Crippen molar-refractivity contribution in [3.63, 3.8) is 0 Å². The molecule has 1 aromatic carbocycles. The first kappa shape index (κ1) is 19.0. The van der Waals surface area contributed by atoms with Gasteiger partial charge in [-0.05, 0) is 24.3 Å². The van der Waals surface area contributed by atoms with Crippen molar-refractivity contribution in [2.24, 2.45) is 5.92 Å². The number of aliphatic carboxylic acids is 1. The van der Waals surface area contributed by atoms with Gasteiger partial charge in [0.25, 0.3) is 0 Å². The van der Waals surface area contributed by atoms with Gasteiger partial charge in [0.05, 0.1) is 6.54 Å². The molecule has 0 radical (unpaired) electrons.